The second-order valence-corrected chi connectivity index (χ2v) is 7.44. The second kappa shape index (κ2) is 7.40. The molecule has 134 valence electrons. The van der Waals surface area contributed by atoms with E-state index >= 15 is 0 Å². The van der Waals surface area contributed by atoms with Crippen molar-refractivity contribution in [3.05, 3.63) is 29.8 Å². The lowest BCUT2D eigenvalue weighted by Crippen LogP contribution is -2.62. The van der Waals surface area contributed by atoms with E-state index in [1.807, 2.05) is 52.0 Å². The summed E-state index contributed by atoms with van der Waals surface area (Å²) >= 11 is 0. The maximum absolute atomic E-state index is 12.3. The van der Waals surface area contributed by atoms with Crippen molar-refractivity contribution in [2.24, 2.45) is 0 Å². The number of carbonyl (C=O) groups is 1. The van der Waals surface area contributed by atoms with Crippen LogP contribution in [0.1, 0.15) is 33.3 Å². The van der Waals surface area contributed by atoms with Gasteiger partial charge < -0.3 is 25.2 Å². The van der Waals surface area contributed by atoms with Crippen molar-refractivity contribution in [3.63, 3.8) is 0 Å². The van der Waals surface area contributed by atoms with Crippen LogP contribution in [0, 0.1) is 0 Å². The van der Waals surface area contributed by atoms with E-state index in [2.05, 4.69) is 10.6 Å². The van der Waals surface area contributed by atoms with Crippen molar-refractivity contribution < 1.29 is 19.4 Å². The molecule has 0 radical (unpaired) electrons. The molecule has 0 spiro atoms. The molecular formula is C18H28N2O4. The second-order valence-electron chi connectivity index (χ2n) is 7.44. The summed E-state index contributed by atoms with van der Waals surface area (Å²) in [4.78, 5) is 12.3. The Kier molecular flexibility index (Phi) is 5.72. The molecule has 1 aromatic carbocycles. The number of hydrogen-bond donors (Lipinski definition) is 3. The van der Waals surface area contributed by atoms with E-state index in [-0.39, 0.29) is 12.6 Å². The minimum atomic E-state index is -0.625. The molecule has 2 rings (SSSR count). The van der Waals surface area contributed by atoms with E-state index < -0.39 is 17.2 Å². The summed E-state index contributed by atoms with van der Waals surface area (Å²) in [7, 11) is 0. The van der Waals surface area contributed by atoms with E-state index in [1.54, 1.807) is 0 Å². The van der Waals surface area contributed by atoms with Gasteiger partial charge in [-0.05, 0) is 39.3 Å². The predicted molar refractivity (Wildman–Crippen MR) is 92.3 cm³/mol. The SMILES string of the molecule is C[C@@H](CO)NCC1(NC(=O)OC(C)(C)C)COc2ccccc2C1. The van der Waals surface area contributed by atoms with Crippen LogP contribution in [0.5, 0.6) is 5.75 Å². The minimum Gasteiger partial charge on any atom is -0.491 e. The zero-order chi connectivity index (χ0) is 17.8. The quantitative estimate of drug-likeness (QED) is 0.765. The van der Waals surface area contributed by atoms with Crippen LogP contribution in [0.15, 0.2) is 24.3 Å². The molecule has 1 amide bonds. The number of nitrogens with one attached hydrogen (secondary N) is 2. The molecule has 1 aromatic rings. The first-order valence-electron chi connectivity index (χ1n) is 8.29. The first kappa shape index (κ1) is 18.5. The zero-order valence-corrected chi connectivity index (χ0v) is 14.9. The molecule has 0 bridgehead atoms. The van der Waals surface area contributed by atoms with Crippen LogP contribution >= 0.6 is 0 Å². The highest BCUT2D eigenvalue weighted by Gasteiger charge is 2.38. The maximum Gasteiger partial charge on any atom is 0.408 e. The van der Waals surface area contributed by atoms with Gasteiger partial charge in [0, 0.05) is 19.0 Å². The Balaban J connectivity index is 2.15. The van der Waals surface area contributed by atoms with Crippen LogP contribution in [0.2, 0.25) is 0 Å². The molecule has 1 aliphatic heterocycles. The molecule has 0 fully saturated rings. The van der Waals surface area contributed by atoms with Crippen LogP contribution in [-0.4, -0.2) is 48.1 Å². The summed E-state index contributed by atoms with van der Waals surface area (Å²) in [5.74, 6) is 0.842. The number of aliphatic hydroxyl groups excluding tert-OH is 1. The number of aliphatic hydroxyl groups is 1. The van der Waals surface area contributed by atoms with Crippen molar-refractivity contribution in [3.8, 4) is 5.75 Å². The number of hydrogen-bond acceptors (Lipinski definition) is 5. The highest BCUT2D eigenvalue weighted by molar-refractivity contribution is 5.69. The van der Waals surface area contributed by atoms with Crippen molar-refractivity contribution in [2.45, 2.75) is 51.3 Å². The van der Waals surface area contributed by atoms with Gasteiger partial charge >= 0.3 is 6.09 Å². The van der Waals surface area contributed by atoms with Gasteiger partial charge in [-0.3, -0.25) is 0 Å². The first-order valence-corrected chi connectivity index (χ1v) is 8.29. The van der Waals surface area contributed by atoms with Crippen LogP contribution < -0.4 is 15.4 Å². The predicted octanol–water partition coefficient (Wildman–Crippen LogP) is 1.86. The topological polar surface area (TPSA) is 79.8 Å². The first-order chi connectivity index (χ1) is 11.2. The van der Waals surface area contributed by atoms with Gasteiger partial charge in [0.1, 0.15) is 18.0 Å². The van der Waals surface area contributed by atoms with Crippen molar-refractivity contribution in [1.82, 2.24) is 10.6 Å². The average Bonchev–Trinajstić information content (AvgIpc) is 2.50. The number of benzene rings is 1. The molecule has 0 saturated carbocycles. The van der Waals surface area contributed by atoms with Gasteiger partial charge in [-0.2, -0.15) is 0 Å². The van der Waals surface area contributed by atoms with Gasteiger partial charge in [0.05, 0.1) is 12.1 Å². The average molecular weight is 336 g/mol. The van der Waals surface area contributed by atoms with Crippen LogP contribution in [0.25, 0.3) is 0 Å². The molecule has 0 aromatic heterocycles. The highest BCUT2D eigenvalue weighted by Crippen LogP contribution is 2.29. The summed E-state index contributed by atoms with van der Waals surface area (Å²) in [6.07, 6.45) is 0.164. The van der Waals surface area contributed by atoms with E-state index in [0.717, 1.165) is 11.3 Å². The lowest BCUT2D eigenvalue weighted by atomic mass is 9.88. The molecule has 0 aliphatic carbocycles. The van der Waals surface area contributed by atoms with Gasteiger partial charge in [-0.15, -0.1) is 0 Å². The third kappa shape index (κ3) is 5.11. The number of rotatable bonds is 5. The Bertz CT molecular complexity index is 570. The molecule has 6 heteroatoms. The highest BCUT2D eigenvalue weighted by atomic mass is 16.6. The van der Waals surface area contributed by atoms with Crippen molar-refractivity contribution in [2.75, 3.05) is 19.8 Å². The number of alkyl carbamates (subject to hydrolysis) is 1. The number of fused-ring (bicyclic) bond motifs is 1. The monoisotopic (exact) mass is 336 g/mol. The van der Waals surface area contributed by atoms with Crippen molar-refractivity contribution in [1.29, 1.82) is 0 Å². The molecule has 1 heterocycles. The minimum absolute atomic E-state index is 0.0277. The Morgan fingerprint density at radius 1 is 1.42 bits per heavy atom. The maximum atomic E-state index is 12.3. The summed E-state index contributed by atoms with van der Waals surface area (Å²) in [6, 6.07) is 7.74. The molecule has 0 saturated heterocycles. The zero-order valence-electron chi connectivity index (χ0n) is 14.9. The lowest BCUT2D eigenvalue weighted by Gasteiger charge is -2.39. The Morgan fingerprint density at radius 3 is 2.79 bits per heavy atom. The van der Waals surface area contributed by atoms with Gasteiger partial charge in [0.25, 0.3) is 0 Å². The molecule has 6 nitrogen and oxygen atoms in total. The number of ether oxygens (including phenoxy) is 2. The van der Waals surface area contributed by atoms with E-state index in [4.69, 9.17) is 9.47 Å². The number of para-hydroxylation sites is 1. The molecule has 1 unspecified atom stereocenters. The van der Waals surface area contributed by atoms with Gasteiger partial charge in [-0.1, -0.05) is 18.2 Å². The summed E-state index contributed by atoms with van der Waals surface area (Å²) in [5.41, 5.74) is -0.150. The largest absolute Gasteiger partial charge is 0.491 e. The van der Waals surface area contributed by atoms with Gasteiger partial charge in [0.15, 0.2) is 0 Å². The van der Waals surface area contributed by atoms with Gasteiger partial charge in [0.2, 0.25) is 0 Å². The van der Waals surface area contributed by atoms with Crippen LogP contribution in [-0.2, 0) is 11.2 Å². The Labute approximate surface area is 143 Å². The Hall–Kier alpha value is -1.79. The fourth-order valence-electron chi connectivity index (χ4n) is 2.61. The van der Waals surface area contributed by atoms with Crippen molar-refractivity contribution >= 4 is 6.09 Å². The number of amides is 1. The third-order valence-electron chi connectivity index (χ3n) is 3.83. The van der Waals surface area contributed by atoms with Gasteiger partial charge in [-0.25, -0.2) is 4.79 Å². The molecule has 1 aliphatic rings. The molecular weight excluding hydrogens is 308 g/mol. The van der Waals surface area contributed by atoms with E-state index in [9.17, 15) is 9.90 Å². The molecule has 3 N–H and O–H groups in total. The smallest absolute Gasteiger partial charge is 0.408 e. The summed E-state index contributed by atoms with van der Waals surface area (Å²) < 4.78 is 11.3. The van der Waals surface area contributed by atoms with E-state index in [1.165, 1.54) is 0 Å². The van der Waals surface area contributed by atoms with Crippen LogP contribution in [0.3, 0.4) is 0 Å². The standard InChI is InChI=1S/C18H28N2O4/c1-13(10-21)19-11-18(20-16(22)24-17(2,3)4)9-14-7-5-6-8-15(14)23-12-18/h5-8,13,19,21H,9-12H2,1-4H3,(H,20,22)/t13-,18?/m0/s1. The fourth-order valence-corrected chi connectivity index (χ4v) is 2.61. The van der Waals surface area contributed by atoms with Crippen LogP contribution in [0.4, 0.5) is 4.79 Å². The third-order valence-corrected chi connectivity index (χ3v) is 3.83. The Morgan fingerprint density at radius 2 is 2.12 bits per heavy atom. The number of carbonyl (C=O) groups excluding carboxylic acids is 1. The summed E-state index contributed by atoms with van der Waals surface area (Å²) in [5, 5.41) is 15.5. The summed E-state index contributed by atoms with van der Waals surface area (Å²) in [6.45, 7) is 8.23. The molecule has 2 atom stereocenters. The normalized spacial score (nSPS) is 21.4. The fraction of sp³-hybridized carbons (Fsp3) is 0.611. The molecule has 24 heavy (non-hydrogen) atoms. The lowest BCUT2D eigenvalue weighted by molar-refractivity contribution is 0.0387. The van der Waals surface area contributed by atoms with E-state index in [0.29, 0.717) is 19.6 Å².